The number of allylic oxidation sites excluding steroid dienone is 2. The van der Waals surface area contributed by atoms with Crippen molar-refractivity contribution in [2.75, 3.05) is 0 Å². The summed E-state index contributed by atoms with van der Waals surface area (Å²) in [6.07, 6.45) is 1.24. The molecule has 8 heteroatoms. The van der Waals surface area contributed by atoms with E-state index >= 15 is 0 Å². The largest absolute Gasteiger partial charge is 0.461 e. The monoisotopic (exact) mass is 306 g/mol. The molecule has 1 aromatic heterocycles. The van der Waals surface area contributed by atoms with Crippen LogP contribution in [0, 0.1) is 34.0 Å². The van der Waals surface area contributed by atoms with Crippen molar-refractivity contribution in [2.45, 2.75) is 11.5 Å². The third-order valence-electron chi connectivity index (χ3n) is 2.22. The Hall–Kier alpha value is -2.76. The third kappa shape index (κ3) is 4.68. The van der Waals surface area contributed by atoms with E-state index in [4.69, 9.17) is 25.9 Å². The normalized spacial score (nSPS) is 10.6. The molecule has 0 saturated carbocycles. The zero-order valence-electron chi connectivity index (χ0n) is 10.5. The SMILES string of the molecule is N#CC(C#N)=C(N)/C(C#N)=C\c1ccc(CSC(F)F)o1. The highest BCUT2D eigenvalue weighted by molar-refractivity contribution is 7.98. The molecule has 0 aliphatic heterocycles. The molecule has 21 heavy (non-hydrogen) atoms. The maximum Gasteiger partial charge on any atom is 0.284 e. The maximum absolute atomic E-state index is 12.0. The Labute approximate surface area is 123 Å². The van der Waals surface area contributed by atoms with E-state index in [-0.39, 0.29) is 28.4 Å². The Morgan fingerprint density at radius 3 is 2.48 bits per heavy atom. The van der Waals surface area contributed by atoms with E-state index in [2.05, 4.69) is 0 Å². The van der Waals surface area contributed by atoms with Crippen LogP contribution in [0.5, 0.6) is 0 Å². The van der Waals surface area contributed by atoms with Crippen LogP contribution in [0.25, 0.3) is 6.08 Å². The van der Waals surface area contributed by atoms with Crippen LogP contribution in [-0.2, 0) is 5.75 Å². The topological polar surface area (TPSA) is 111 Å². The Kier molecular flexibility index (Phi) is 6.00. The Morgan fingerprint density at radius 1 is 1.29 bits per heavy atom. The predicted molar refractivity (Wildman–Crippen MR) is 72.0 cm³/mol. The van der Waals surface area contributed by atoms with Crippen molar-refractivity contribution in [2.24, 2.45) is 5.73 Å². The van der Waals surface area contributed by atoms with E-state index in [1.165, 1.54) is 18.2 Å². The van der Waals surface area contributed by atoms with Crippen molar-refractivity contribution >= 4 is 17.8 Å². The van der Waals surface area contributed by atoms with Crippen LogP contribution >= 0.6 is 11.8 Å². The summed E-state index contributed by atoms with van der Waals surface area (Å²) in [5, 5.41) is 26.4. The zero-order valence-corrected chi connectivity index (χ0v) is 11.3. The lowest BCUT2D eigenvalue weighted by Crippen LogP contribution is -2.03. The first kappa shape index (κ1) is 16.3. The number of halogens is 2. The van der Waals surface area contributed by atoms with E-state index in [0.717, 1.165) is 0 Å². The number of thioether (sulfide) groups is 1. The number of nitriles is 3. The van der Waals surface area contributed by atoms with Crippen molar-refractivity contribution in [3.05, 3.63) is 40.5 Å². The smallest absolute Gasteiger partial charge is 0.284 e. The Balaban J connectivity index is 3.02. The van der Waals surface area contributed by atoms with Crippen LogP contribution in [-0.4, -0.2) is 5.76 Å². The minimum Gasteiger partial charge on any atom is -0.461 e. The molecule has 0 spiro atoms. The van der Waals surface area contributed by atoms with Crippen molar-refractivity contribution < 1.29 is 13.2 Å². The van der Waals surface area contributed by atoms with Gasteiger partial charge in [-0.15, -0.1) is 0 Å². The van der Waals surface area contributed by atoms with E-state index in [9.17, 15) is 8.78 Å². The van der Waals surface area contributed by atoms with Gasteiger partial charge in [0.2, 0.25) is 0 Å². The summed E-state index contributed by atoms with van der Waals surface area (Å²) in [5.74, 6) is -1.99. The second-order valence-electron chi connectivity index (χ2n) is 3.56. The van der Waals surface area contributed by atoms with Gasteiger partial charge in [-0.2, -0.15) is 24.6 Å². The molecule has 2 N–H and O–H groups in total. The van der Waals surface area contributed by atoms with Gasteiger partial charge in [0.05, 0.1) is 17.0 Å². The van der Waals surface area contributed by atoms with E-state index in [1.54, 1.807) is 18.2 Å². The zero-order chi connectivity index (χ0) is 15.8. The summed E-state index contributed by atoms with van der Waals surface area (Å²) < 4.78 is 29.3. The van der Waals surface area contributed by atoms with Crippen LogP contribution in [0.4, 0.5) is 8.78 Å². The molecule has 0 atom stereocenters. The second kappa shape index (κ2) is 7.74. The van der Waals surface area contributed by atoms with Gasteiger partial charge in [0.25, 0.3) is 5.76 Å². The molecule has 1 aromatic rings. The summed E-state index contributed by atoms with van der Waals surface area (Å²) in [6, 6.07) is 7.87. The summed E-state index contributed by atoms with van der Waals surface area (Å²) >= 11 is 0.408. The summed E-state index contributed by atoms with van der Waals surface area (Å²) in [7, 11) is 0. The fourth-order valence-corrected chi connectivity index (χ4v) is 1.73. The van der Waals surface area contributed by atoms with Gasteiger partial charge >= 0.3 is 0 Å². The van der Waals surface area contributed by atoms with Crippen molar-refractivity contribution in [1.29, 1.82) is 15.8 Å². The average molecular weight is 306 g/mol. The molecule has 0 aliphatic carbocycles. The molecule has 0 bridgehead atoms. The number of nitrogens with two attached hydrogens (primary N) is 1. The minimum atomic E-state index is -2.50. The van der Waals surface area contributed by atoms with Crippen molar-refractivity contribution in [3.63, 3.8) is 0 Å². The summed E-state index contributed by atoms with van der Waals surface area (Å²) in [5.41, 5.74) is 4.78. The molecule has 1 heterocycles. The van der Waals surface area contributed by atoms with Crippen LogP contribution in [0.15, 0.2) is 33.4 Å². The highest BCUT2D eigenvalue weighted by Crippen LogP contribution is 2.22. The van der Waals surface area contributed by atoms with E-state index < -0.39 is 5.76 Å². The van der Waals surface area contributed by atoms with Gasteiger partial charge in [-0.05, 0) is 12.1 Å². The molecular formula is C13H8F2N4OS. The second-order valence-corrected chi connectivity index (χ2v) is 4.54. The minimum absolute atomic E-state index is 0.0135. The molecule has 0 aliphatic rings. The molecule has 1 rings (SSSR count). The molecule has 0 unspecified atom stereocenters. The van der Waals surface area contributed by atoms with Gasteiger partial charge in [0.15, 0.2) is 5.57 Å². The number of hydrogen-bond acceptors (Lipinski definition) is 6. The van der Waals surface area contributed by atoms with Crippen LogP contribution in [0.2, 0.25) is 0 Å². The fourth-order valence-electron chi connectivity index (χ4n) is 1.29. The first-order valence-electron chi connectivity index (χ1n) is 5.42. The average Bonchev–Trinajstić information content (AvgIpc) is 2.91. The van der Waals surface area contributed by atoms with Crippen LogP contribution < -0.4 is 5.73 Å². The Morgan fingerprint density at radius 2 is 1.95 bits per heavy atom. The molecule has 106 valence electrons. The molecule has 0 amide bonds. The number of hydrogen-bond donors (Lipinski definition) is 1. The first-order valence-corrected chi connectivity index (χ1v) is 6.47. The van der Waals surface area contributed by atoms with Crippen molar-refractivity contribution in [3.8, 4) is 18.2 Å². The van der Waals surface area contributed by atoms with Gasteiger partial charge in [-0.3, -0.25) is 0 Å². The number of alkyl halides is 2. The molecule has 0 aromatic carbocycles. The van der Waals surface area contributed by atoms with Gasteiger partial charge < -0.3 is 10.2 Å². The fraction of sp³-hybridized carbons (Fsp3) is 0.154. The van der Waals surface area contributed by atoms with Crippen LogP contribution in [0.1, 0.15) is 11.5 Å². The van der Waals surface area contributed by atoms with Crippen molar-refractivity contribution in [1.82, 2.24) is 0 Å². The van der Waals surface area contributed by atoms with E-state index in [0.29, 0.717) is 17.5 Å². The number of nitrogens with zero attached hydrogens (tertiary/aromatic N) is 3. The summed E-state index contributed by atoms with van der Waals surface area (Å²) in [4.78, 5) is 0. The molecule has 0 saturated heterocycles. The van der Waals surface area contributed by atoms with Crippen LogP contribution in [0.3, 0.4) is 0 Å². The quantitative estimate of drug-likeness (QED) is 0.661. The molecular weight excluding hydrogens is 298 g/mol. The Bertz CT molecular complexity index is 685. The lowest BCUT2D eigenvalue weighted by atomic mass is 10.1. The molecule has 5 nitrogen and oxygen atoms in total. The maximum atomic E-state index is 12.0. The third-order valence-corrected chi connectivity index (χ3v) is 2.93. The molecule has 0 radical (unpaired) electrons. The standard InChI is InChI=1S/C13H8F2N4OS/c14-13(15)21-7-11-2-1-10(20-11)3-8(4-16)12(19)9(5-17)6-18/h1-3,13H,7,19H2/b8-3-. The molecule has 0 fully saturated rings. The lowest BCUT2D eigenvalue weighted by molar-refractivity contribution is 0.251. The van der Waals surface area contributed by atoms with E-state index in [1.807, 2.05) is 0 Å². The van der Waals surface area contributed by atoms with Gasteiger partial charge in [-0.1, -0.05) is 11.8 Å². The number of rotatable bonds is 5. The van der Waals surface area contributed by atoms with Gasteiger partial charge in [-0.25, -0.2) is 0 Å². The highest BCUT2D eigenvalue weighted by atomic mass is 32.2. The highest BCUT2D eigenvalue weighted by Gasteiger charge is 2.10. The summed E-state index contributed by atoms with van der Waals surface area (Å²) in [6.45, 7) is 0. The van der Waals surface area contributed by atoms with Gasteiger partial charge in [0.1, 0.15) is 29.7 Å². The lowest BCUT2D eigenvalue weighted by Gasteiger charge is -1.98. The predicted octanol–water partition coefficient (Wildman–Crippen LogP) is 2.90. The van der Waals surface area contributed by atoms with Gasteiger partial charge in [0, 0.05) is 6.08 Å². The first-order chi connectivity index (χ1) is 10.0. The number of furan rings is 1.